The second-order valence-corrected chi connectivity index (χ2v) is 8.02. The van der Waals surface area contributed by atoms with E-state index in [0.717, 1.165) is 36.0 Å². The Bertz CT molecular complexity index is 867. The van der Waals surface area contributed by atoms with Gasteiger partial charge in [0.25, 0.3) is 0 Å². The van der Waals surface area contributed by atoms with E-state index in [9.17, 15) is 13.2 Å². The molecule has 33 heavy (non-hydrogen) atoms. The number of anilines is 1. The van der Waals surface area contributed by atoms with Crippen molar-refractivity contribution in [2.24, 2.45) is 10.9 Å². The van der Waals surface area contributed by atoms with Crippen LogP contribution >= 0.6 is 24.0 Å². The van der Waals surface area contributed by atoms with Crippen LogP contribution in [0.25, 0.3) is 0 Å². The van der Waals surface area contributed by atoms with Crippen LogP contribution in [-0.4, -0.2) is 43.9 Å². The minimum absolute atomic E-state index is 0. The largest absolute Gasteiger partial charge is 0.484 e. The van der Waals surface area contributed by atoms with Gasteiger partial charge in [0, 0.05) is 39.4 Å². The monoisotopic (exact) mass is 577 g/mol. The Morgan fingerprint density at radius 1 is 1.06 bits per heavy atom. The number of rotatable bonds is 7. The van der Waals surface area contributed by atoms with Gasteiger partial charge in [0.15, 0.2) is 12.6 Å². The number of aliphatic imine (C=N–C) groups is 1. The van der Waals surface area contributed by atoms with Crippen LogP contribution in [-0.2, 0) is 13.1 Å². The molecule has 1 aromatic heterocycles. The zero-order valence-electron chi connectivity index (χ0n) is 18.9. The zero-order chi connectivity index (χ0) is 23.0. The first-order chi connectivity index (χ1) is 15.3. The highest BCUT2D eigenvalue weighted by Crippen LogP contribution is 2.21. The number of pyridine rings is 1. The van der Waals surface area contributed by atoms with E-state index in [1.165, 1.54) is 25.0 Å². The molecule has 0 aliphatic carbocycles. The number of hydrogen-bond donors (Lipinski definition) is 2. The number of nitrogens with zero attached hydrogens (tertiary/aromatic N) is 3. The summed E-state index contributed by atoms with van der Waals surface area (Å²) in [7, 11) is 1.68. The van der Waals surface area contributed by atoms with E-state index in [2.05, 4.69) is 44.6 Å². The van der Waals surface area contributed by atoms with Crippen LogP contribution in [0.3, 0.4) is 0 Å². The highest BCUT2D eigenvalue weighted by molar-refractivity contribution is 14.0. The lowest BCUT2D eigenvalue weighted by Crippen LogP contribution is -2.36. The van der Waals surface area contributed by atoms with Crippen molar-refractivity contribution in [2.75, 3.05) is 31.6 Å². The fraction of sp³-hybridized carbons (Fsp3) is 0.478. The normalized spacial score (nSPS) is 15.1. The predicted octanol–water partition coefficient (Wildman–Crippen LogP) is 4.74. The number of hydrogen-bond acceptors (Lipinski definition) is 4. The molecule has 1 aromatic carbocycles. The Morgan fingerprint density at radius 3 is 2.21 bits per heavy atom. The molecule has 1 aliphatic heterocycles. The molecule has 6 nitrogen and oxygen atoms in total. The topological polar surface area (TPSA) is 61.8 Å². The number of benzene rings is 1. The van der Waals surface area contributed by atoms with Gasteiger partial charge in [0.1, 0.15) is 11.6 Å². The van der Waals surface area contributed by atoms with Gasteiger partial charge in [0.2, 0.25) is 0 Å². The molecule has 3 rings (SSSR count). The van der Waals surface area contributed by atoms with Crippen LogP contribution in [0, 0.1) is 5.92 Å². The van der Waals surface area contributed by atoms with Crippen molar-refractivity contribution in [2.45, 2.75) is 39.0 Å². The minimum Gasteiger partial charge on any atom is -0.484 e. The van der Waals surface area contributed by atoms with E-state index in [1.54, 1.807) is 19.2 Å². The lowest BCUT2D eigenvalue weighted by Gasteiger charge is -2.31. The number of nitrogens with one attached hydrogen (secondary N) is 2. The second kappa shape index (κ2) is 12.9. The predicted molar refractivity (Wildman–Crippen MR) is 135 cm³/mol. The third-order valence-corrected chi connectivity index (χ3v) is 5.39. The summed E-state index contributed by atoms with van der Waals surface area (Å²) in [5.74, 6) is 2.61. The van der Waals surface area contributed by atoms with Crippen molar-refractivity contribution in [3.05, 3.63) is 53.7 Å². The SMILES string of the molecule is CN=C(NCc1ccc(OCC(F)(F)F)cc1)NCc1ccc(N2CCC(C)CC2)nc1.I. The molecule has 0 bridgehead atoms. The van der Waals surface area contributed by atoms with Crippen molar-refractivity contribution in [3.8, 4) is 5.75 Å². The maximum atomic E-state index is 12.2. The Kier molecular flexibility index (Phi) is 10.5. The lowest BCUT2D eigenvalue weighted by atomic mass is 9.99. The summed E-state index contributed by atoms with van der Waals surface area (Å²) in [6, 6.07) is 10.6. The molecule has 182 valence electrons. The van der Waals surface area contributed by atoms with Crippen LogP contribution in [0.2, 0.25) is 0 Å². The van der Waals surface area contributed by atoms with Crippen LogP contribution in [0.5, 0.6) is 5.75 Å². The third-order valence-electron chi connectivity index (χ3n) is 5.39. The molecule has 0 saturated carbocycles. The zero-order valence-corrected chi connectivity index (χ0v) is 21.2. The van der Waals surface area contributed by atoms with E-state index in [-0.39, 0.29) is 29.7 Å². The molecule has 2 N–H and O–H groups in total. The van der Waals surface area contributed by atoms with Crippen LogP contribution in [0.4, 0.5) is 19.0 Å². The summed E-state index contributed by atoms with van der Waals surface area (Å²) in [5.41, 5.74) is 1.95. The molecule has 1 fully saturated rings. The molecule has 1 aliphatic rings. The van der Waals surface area contributed by atoms with Crippen molar-refractivity contribution in [1.29, 1.82) is 0 Å². The quantitative estimate of drug-likeness (QED) is 0.283. The Morgan fingerprint density at radius 2 is 1.67 bits per heavy atom. The Balaban J connectivity index is 0.00000385. The number of aromatic nitrogens is 1. The average Bonchev–Trinajstić information content (AvgIpc) is 2.79. The van der Waals surface area contributed by atoms with E-state index in [0.29, 0.717) is 19.0 Å². The second-order valence-electron chi connectivity index (χ2n) is 8.02. The van der Waals surface area contributed by atoms with E-state index >= 15 is 0 Å². The smallest absolute Gasteiger partial charge is 0.422 e. The van der Waals surface area contributed by atoms with Crippen molar-refractivity contribution < 1.29 is 17.9 Å². The minimum atomic E-state index is -4.35. The molecule has 0 amide bonds. The van der Waals surface area contributed by atoms with E-state index in [4.69, 9.17) is 4.74 Å². The molecule has 0 spiro atoms. The highest BCUT2D eigenvalue weighted by atomic mass is 127. The van der Waals surface area contributed by atoms with Gasteiger partial charge in [-0.1, -0.05) is 25.1 Å². The Labute approximate surface area is 210 Å². The molecule has 0 unspecified atom stereocenters. The van der Waals surface area contributed by atoms with Gasteiger partial charge < -0.3 is 20.3 Å². The molecule has 10 heteroatoms. The van der Waals surface area contributed by atoms with Gasteiger partial charge in [-0.05, 0) is 48.1 Å². The van der Waals surface area contributed by atoms with Gasteiger partial charge in [0.05, 0.1) is 0 Å². The number of halogens is 4. The standard InChI is InChI=1S/C23H30F3N5O.HI/c1-17-9-11-31(12-10-17)21-8-5-19(14-28-21)15-30-22(27-2)29-13-18-3-6-20(7-4-18)32-16-23(24,25)26;/h3-8,14,17H,9-13,15-16H2,1-2H3,(H2,27,29,30);1H. The van der Waals surface area contributed by atoms with Crippen LogP contribution in [0.1, 0.15) is 30.9 Å². The van der Waals surface area contributed by atoms with Crippen molar-refractivity contribution in [1.82, 2.24) is 15.6 Å². The van der Waals surface area contributed by atoms with Crippen LogP contribution in [0.15, 0.2) is 47.6 Å². The molecular formula is C23H31F3IN5O. The van der Waals surface area contributed by atoms with Gasteiger partial charge in [-0.2, -0.15) is 13.2 Å². The number of ether oxygens (including phenoxy) is 1. The average molecular weight is 577 g/mol. The molecule has 1 saturated heterocycles. The summed E-state index contributed by atoms with van der Waals surface area (Å²) in [5, 5.41) is 6.43. The fourth-order valence-electron chi connectivity index (χ4n) is 3.41. The summed E-state index contributed by atoms with van der Waals surface area (Å²) < 4.78 is 41.4. The first-order valence-electron chi connectivity index (χ1n) is 10.8. The maximum Gasteiger partial charge on any atom is 0.422 e. The first kappa shape index (κ1) is 27.0. The Hall–Kier alpha value is -2.24. The molecule has 0 radical (unpaired) electrons. The number of alkyl halides is 3. The molecular weight excluding hydrogens is 546 g/mol. The maximum absolute atomic E-state index is 12.2. The van der Waals surface area contributed by atoms with E-state index in [1.807, 2.05) is 6.20 Å². The highest BCUT2D eigenvalue weighted by Gasteiger charge is 2.28. The summed E-state index contributed by atoms with van der Waals surface area (Å²) in [6.45, 7) is 4.16. The molecule has 0 atom stereocenters. The van der Waals surface area contributed by atoms with Gasteiger partial charge in [-0.3, -0.25) is 4.99 Å². The number of guanidine groups is 1. The lowest BCUT2D eigenvalue weighted by molar-refractivity contribution is -0.153. The van der Waals surface area contributed by atoms with Gasteiger partial charge in [-0.15, -0.1) is 24.0 Å². The molecule has 2 heterocycles. The first-order valence-corrected chi connectivity index (χ1v) is 10.8. The number of piperidine rings is 1. The third kappa shape index (κ3) is 9.26. The van der Waals surface area contributed by atoms with Gasteiger partial charge in [-0.25, -0.2) is 4.98 Å². The van der Waals surface area contributed by atoms with Crippen LogP contribution < -0.4 is 20.3 Å². The van der Waals surface area contributed by atoms with E-state index < -0.39 is 12.8 Å². The fourth-order valence-corrected chi connectivity index (χ4v) is 3.41. The summed E-state index contributed by atoms with van der Waals surface area (Å²) >= 11 is 0. The summed E-state index contributed by atoms with van der Waals surface area (Å²) in [6.07, 6.45) is -0.0552. The van der Waals surface area contributed by atoms with Crippen molar-refractivity contribution in [3.63, 3.8) is 0 Å². The molecule has 2 aromatic rings. The van der Waals surface area contributed by atoms with Gasteiger partial charge >= 0.3 is 6.18 Å². The summed E-state index contributed by atoms with van der Waals surface area (Å²) in [4.78, 5) is 11.1. The van der Waals surface area contributed by atoms with Crippen molar-refractivity contribution >= 4 is 35.8 Å².